The maximum absolute atomic E-state index is 12.8. The number of hydrogen-bond donors (Lipinski definition) is 0. The normalized spacial score (nSPS) is 11.2. The highest BCUT2D eigenvalue weighted by Gasteiger charge is 2.15. The van der Waals surface area contributed by atoms with Crippen LogP contribution in [-0.4, -0.2) is 38.1 Å². The minimum Gasteiger partial charge on any atom is -0.457 e. The number of ether oxygens (including phenoxy) is 3. The monoisotopic (exact) mass is 682 g/mol. The molecule has 0 aliphatic carbocycles. The Morgan fingerprint density at radius 3 is 1.24 bits per heavy atom. The largest absolute Gasteiger partial charge is 0.457 e. The molecule has 0 aliphatic rings. The standard InChI is InChI=1S/C42H42N4O5/c1-5-25-46(26-6-2)36-15-11-32(12-16-36)28-34(30-44)42(48)51-40-23-19-38(20-24-40)49-37-17-21-39(22-18-37)50-41(47)33(29-43)27-31-9-13-35(14-10-31)45(7-3)8-4/h9-24,27-28H,5-8,25-26H2,1-4H3/b33-27+,34-28+. The molecule has 9 nitrogen and oxygen atoms in total. The summed E-state index contributed by atoms with van der Waals surface area (Å²) >= 11 is 0. The van der Waals surface area contributed by atoms with Crippen molar-refractivity contribution in [2.45, 2.75) is 40.5 Å². The van der Waals surface area contributed by atoms with Gasteiger partial charge in [-0.1, -0.05) is 38.1 Å². The van der Waals surface area contributed by atoms with E-state index in [4.69, 9.17) is 14.2 Å². The van der Waals surface area contributed by atoms with Crippen LogP contribution in [0.1, 0.15) is 51.7 Å². The maximum atomic E-state index is 12.8. The lowest BCUT2D eigenvalue weighted by Gasteiger charge is -2.23. The summed E-state index contributed by atoms with van der Waals surface area (Å²) in [4.78, 5) is 30.0. The average Bonchev–Trinajstić information content (AvgIpc) is 3.15. The first-order valence-electron chi connectivity index (χ1n) is 17.1. The second-order valence-corrected chi connectivity index (χ2v) is 11.5. The molecule has 0 amide bonds. The first-order chi connectivity index (χ1) is 24.8. The van der Waals surface area contributed by atoms with Gasteiger partial charge in [0.1, 0.15) is 46.3 Å². The molecule has 0 aliphatic heterocycles. The van der Waals surface area contributed by atoms with Crippen LogP contribution in [-0.2, 0) is 9.59 Å². The van der Waals surface area contributed by atoms with Crippen LogP contribution in [0.25, 0.3) is 12.2 Å². The van der Waals surface area contributed by atoms with Crippen LogP contribution in [0, 0.1) is 22.7 Å². The van der Waals surface area contributed by atoms with Crippen molar-refractivity contribution in [3.63, 3.8) is 0 Å². The molecule has 4 aromatic carbocycles. The summed E-state index contributed by atoms with van der Waals surface area (Å²) in [5.41, 5.74) is 3.36. The smallest absolute Gasteiger partial charge is 0.354 e. The molecule has 0 N–H and O–H groups in total. The van der Waals surface area contributed by atoms with E-state index < -0.39 is 11.9 Å². The van der Waals surface area contributed by atoms with Crippen molar-refractivity contribution in [2.24, 2.45) is 0 Å². The third-order valence-corrected chi connectivity index (χ3v) is 7.87. The summed E-state index contributed by atoms with van der Waals surface area (Å²) in [6, 6.07) is 32.0. The molecule has 4 aromatic rings. The Bertz CT molecular complexity index is 1890. The lowest BCUT2D eigenvalue weighted by molar-refractivity contribution is -0.130. The quantitative estimate of drug-likeness (QED) is 0.0494. The molecule has 51 heavy (non-hydrogen) atoms. The Balaban J connectivity index is 1.32. The molecule has 0 bridgehead atoms. The molecule has 0 atom stereocenters. The lowest BCUT2D eigenvalue weighted by atomic mass is 10.1. The minimum atomic E-state index is -0.766. The van der Waals surface area contributed by atoms with Crippen molar-refractivity contribution < 1.29 is 23.8 Å². The Morgan fingerprint density at radius 2 is 0.902 bits per heavy atom. The van der Waals surface area contributed by atoms with Gasteiger partial charge in [-0.05, 0) is 123 Å². The van der Waals surface area contributed by atoms with E-state index in [0.29, 0.717) is 17.1 Å². The van der Waals surface area contributed by atoms with Gasteiger partial charge < -0.3 is 24.0 Å². The summed E-state index contributed by atoms with van der Waals surface area (Å²) in [7, 11) is 0. The summed E-state index contributed by atoms with van der Waals surface area (Å²) < 4.78 is 16.7. The van der Waals surface area contributed by atoms with Gasteiger partial charge >= 0.3 is 11.9 Å². The van der Waals surface area contributed by atoms with Gasteiger partial charge in [-0.2, -0.15) is 10.5 Å². The Hall–Kier alpha value is -6.32. The first kappa shape index (κ1) is 37.5. The fourth-order valence-corrected chi connectivity index (χ4v) is 5.28. The zero-order chi connectivity index (χ0) is 36.6. The summed E-state index contributed by atoms with van der Waals surface area (Å²) in [6.07, 6.45) is 5.10. The fraction of sp³-hybridized carbons (Fsp3) is 0.238. The van der Waals surface area contributed by atoms with Gasteiger partial charge in [-0.15, -0.1) is 0 Å². The second kappa shape index (κ2) is 19.0. The van der Waals surface area contributed by atoms with Crippen LogP contribution in [0.5, 0.6) is 23.0 Å². The van der Waals surface area contributed by atoms with Crippen LogP contribution in [0.3, 0.4) is 0 Å². The van der Waals surface area contributed by atoms with E-state index in [-0.39, 0.29) is 22.6 Å². The van der Waals surface area contributed by atoms with Gasteiger partial charge in [0.2, 0.25) is 0 Å². The van der Waals surface area contributed by atoms with Crippen LogP contribution < -0.4 is 24.0 Å². The highest BCUT2D eigenvalue weighted by molar-refractivity contribution is 5.99. The van der Waals surface area contributed by atoms with Gasteiger partial charge in [0.15, 0.2) is 0 Å². The maximum Gasteiger partial charge on any atom is 0.354 e. The highest BCUT2D eigenvalue weighted by atomic mass is 16.5. The summed E-state index contributed by atoms with van der Waals surface area (Å²) in [5.74, 6) is -0.0872. The van der Waals surface area contributed by atoms with Gasteiger partial charge in [0, 0.05) is 37.6 Å². The van der Waals surface area contributed by atoms with Gasteiger partial charge in [0.05, 0.1) is 0 Å². The molecule has 4 rings (SSSR count). The molecule has 9 heteroatoms. The Labute approximate surface area is 300 Å². The zero-order valence-corrected chi connectivity index (χ0v) is 29.5. The molecule has 0 heterocycles. The van der Waals surface area contributed by atoms with Crippen molar-refractivity contribution >= 4 is 35.5 Å². The second-order valence-electron chi connectivity index (χ2n) is 11.5. The number of esters is 2. The number of nitrogens with zero attached hydrogens (tertiary/aromatic N) is 4. The van der Waals surface area contributed by atoms with E-state index in [1.165, 1.54) is 12.2 Å². The molecule has 0 unspecified atom stereocenters. The molecular weight excluding hydrogens is 640 g/mol. The third-order valence-electron chi connectivity index (χ3n) is 7.87. The number of benzene rings is 4. The molecule has 260 valence electrons. The van der Waals surface area contributed by atoms with Crippen molar-refractivity contribution in [3.05, 3.63) is 119 Å². The van der Waals surface area contributed by atoms with E-state index >= 15 is 0 Å². The SMILES string of the molecule is CCCN(CCC)c1ccc(/C=C(\C#N)C(=O)Oc2ccc(Oc3ccc(OC(=O)/C(C#N)=C/c4ccc(N(CC)CC)cc4)cc3)cc2)cc1. The molecule has 0 saturated heterocycles. The molecule has 0 radical (unpaired) electrons. The summed E-state index contributed by atoms with van der Waals surface area (Å²) in [6.45, 7) is 12.1. The highest BCUT2D eigenvalue weighted by Crippen LogP contribution is 2.27. The van der Waals surface area contributed by atoms with Crippen LogP contribution >= 0.6 is 0 Å². The Morgan fingerprint density at radius 1 is 0.549 bits per heavy atom. The average molecular weight is 683 g/mol. The minimum absolute atomic E-state index is 0.121. The van der Waals surface area contributed by atoms with Crippen LogP contribution in [0.2, 0.25) is 0 Å². The van der Waals surface area contributed by atoms with Crippen LogP contribution in [0.4, 0.5) is 11.4 Å². The summed E-state index contributed by atoms with van der Waals surface area (Å²) in [5, 5.41) is 19.2. The molecule has 0 spiro atoms. The van der Waals surface area contributed by atoms with Gasteiger partial charge in [0.25, 0.3) is 0 Å². The van der Waals surface area contributed by atoms with Crippen molar-refractivity contribution in [1.82, 2.24) is 0 Å². The number of carbonyl (C=O) groups excluding carboxylic acids is 2. The number of nitriles is 2. The van der Waals surface area contributed by atoms with Crippen molar-refractivity contribution in [3.8, 4) is 35.1 Å². The van der Waals surface area contributed by atoms with Crippen molar-refractivity contribution in [2.75, 3.05) is 36.0 Å². The predicted molar refractivity (Wildman–Crippen MR) is 201 cm³/mol. The lowest BCUT2D eigenvalue weighted by Crippen LogP contribution is -2.24. The van der Waals surface area contributed by atoms with E-state index in [2.05, 4.69) is 37.5 Å². The molecular formula is C42H42N4O5. The van der Waals surface area contributed by atoms with Gasteiger partial charge in [-0.25, -0.2) is 9.59 Å². The molecule has 0 aromatic heterocycles. The van der Waals surface area contributed by atoms with Crippen LogP contribution in [0.15, 0.2) is 108 Å². The first-order valence-corrected chi connectivity index (χ1v) is 17.1. The number of carbonyl (C=O) groups is 2. The fourth-order valence-electron chi connectivity index (χ4n) is 5.28. The Kier molecular flexibility index (Phi) is 14.0. The molecule has 0 fully saturated rings. The topological polar surface area (TPSA) is 116 Å². The third kappa shape index (κ3) is 10.8. The zero-order valence-electron chi connectivity index (χ0n) is 29.5. The van der Waals surface area contributed by atoms with E-state index in [1.54, 1.807) is 48.5 Å². The van der Waals surface area contributed by atoms with E-state index in [1.807, 2.05) is 60.7 Å². The number of anilines is 2. The molecule has 0 saturated carbocycles. The predicted octanol–water partition coefficient (Wildman–Crippen LogP) is 8.98. The van der Waals surface area contributed by atoms with E-state index in [9.17, 15) is 20.1 Å². The van der Waals surface area contributed by atoms with E-state index in [0.717, 1.165) is 56.0 Å². The number of hydrogen-bond acceptors (Lipinski definition) is 9. The van der Waals surface area contributed by atoms with Crippen molar-refractivity contribution in [1.29, 1.82) is 10.5 Å². The number of rotatable bonds is 16. The van der Waals surface area contributed by atoms with Gasteiger partial charge in [-0.3, -0.25) is 0 Å².